The first-order chi connectivity index (χ1) is 16.3. The molecule has 3 aromatic carbocycles. The molecule has 0 radical (unpaired) electrons. The van der Waals surface area contributed by atoms with Gasteiger partial charge in [-0.1, -0.05) is 33.6 Å². The largest absolute Gasteiger partial charge is 0.497 e. The number of halogens is 2. The summed E-state index contributed by atoms with van der Waals surface area (Å²) in [6.45, 7) is 0. The van der Waals surface area contributed by atoms with E-state index in [2.05, 4.69) is 32.0 Å². The van der Waals surface area contributed by atoms with Crippen molar-refractivity contribution < 1.29 is 19.1 Å². The van der Waals surface area contributed by atoms with Crippen LogP contribution in [0.15, 0.2) is 77.3 Å². The molecular weight excluding hydrogens is 524 g/mol. The van der Waals surface area contributed by atoms with E-state index in [1.807, 2.05) is 0 Å². The van der Waals surface area contributed by atoms with Crippen molar-refractivity contribution in [2.24, 2.45) is 0 Å². The first-order valence-electron chi connectivity index (χ1n) is 9.98. The fourth-order valence-electron chi connectivity index (χ4n) is 3.25. The highest BCUT2D eigenvalue weighted by Crippen LogP contribution is 2.24. The summed E-state index contributed by atoms with van der Waals surface area (Å²) in [5, 5.41) is 6.36. The van der Waals surface area contributed by atoms with Gasteiger partial charge < -0.3 is 15.4 Å². The van der Waals surface area contributed by atoms with Crippen molar-refractivity contribution in [3.05, 3.63) is 88.0 Å². The summed E-state index contributed by atoms with van der Waals surface area (Å²) in [5.74, 6) is -1.70. The summed E-state index contributed by atoms with van der Waals surface area (Å²) in [5.41, 5.74) is 4.08. The van der Waals surface area contributed by atoms with Crippen LogP contribution in [0.3, 0.4) is 0 Å². The number of carbonyl (C=O) groups excluding carboxylic acids is 3. The third-order valence-electron chi connectivity index (χ3n) is 4.85. The Balaban J connectivity index is 1.61. The molecule has 172 valence electrons. The molecule has 0 spiro atoms. The second-order valence-electron chi connectivity index (χ2n) is 7.16. The summed E-state index contributed by atoms with van der Waals surface area (Å²) in [6, 6.07) is 20.1. The zero-order valence-corrected chi connectivity index (χ0v) is 20.1. The number of benzene rings is 3. The minimum absolute atomic E-state index is 0.132. The highest BCUT2D eigenvalue weighted by Gasteiger charge is 2.21. The van der Waals surface area contributed by atoms with Crippen molar-refractivity contribution in [1.29, 1.82) is 0 Å². The van der Waals surface area contributed by atoms with E-state index in [9.17, 15) is 14.4 Å². The molecule has 10 heteroatoms. The quantitative estimate of drug-likeness (QED) is 0.309. The van der Waals surface area contributed by atoms with Crippen LogP contribution in [-0.2, 0) is 9.59 Å². The van der Waals surface area contributed by atoms with Crippen LogP contribution in [0.25, 0.3) is 10.9 Å². The highest BCUT2D eigenvalue weighted by atomic mass is 79.9. The molecule has 0 aliphatic heterocycles. The van der Waals surface area contributed by atoms with Gasteiger partial charge in [0.05, 0.1) is 12.6 Å². The molecule has 0 aliphatic carbocycles. The Morgan fingerprint density at radius 2 is 1.65 bits per heavy atom. The van der Waals surface area contributed by atoms with Gasteiger partial charge in [-0.05, 0) is 66.7 Å². The van der Waals surface area contributed by atoms with Crippen molar-refractivity contribution >= 4 is 67.5 Å². The molecule has 0 atom stereocenters. The van der Waals surface area contributed by atoms with E-state index in [1.54, 1.807) is 73.8 Å². The lowest BCUT2D eigenvalue weighted by Crippen LogP contribution is -2.36. The Bertz CT molecular complexity index is 1400. The first kappa shape index (κ1) is 23.3. The summed E-state index contributed by atoms with van der Waals surface area (Å²) >= 11 is 9.33. The third kappa shape index (κ3) is 5.22. The molecule has 3 amide bonds. The summed E-state index contributed by atoms with van der Waals surface area (Å²) in [7, 11) is 1.55. The van der Waals surface area contributed by atoms with Gasteiger partial charge in [0.25, 0.3) is 5.91 Å². The van der Waals surface area contributed by atoms with Crippen molar-refractivity contribution in [2.75, 3.05) is 23.2 Å². The number of nitrogens with one attached hydrogen (secondary N) is 3. The topological polar surface area (TPSA) is 101 Å². The molecule has 1 heterocycles. The van der Waals surface area contributed by atoms with Gasteiger partial charge in [0, 0.05) is 26.3 Å². The third-order valence-corrected chi connectivity index (χ3v) is 5.57. The van der Waals surface area contributed by atoms with Crippen LogP contribution in [0.5, 0.6) is 5.75 Å². The average Bonchev–Trinajstić information content (AvgIpc) is 3.17. The molecule has 4 aromatic rings. The van der Waals surface area contributed by atoms with Crippen LogP contribution in [0.1, 0.15) is 10.5 Å². The van der Waals surface area contributed by atoms with Crippen LogP contribution in [-0.4, -0.2) is 29.5 Å². The Labute approximate surface area is 207 Å². The van der Waals surface area contributed by atoms with Crippen molar-refractivity contribution in [2.45, 2.75) is 0 Å². The van der Waals surface area contributed by atoms with E-state index >= 15 is 0 Å². The molecule has 4 rings (SSSR count). The van der Waals surface area contributed by atoms with Crippen LogP contribution >= 0.6 is 27.5 Å². The maximum Gasteiger partial charge on any atom is 0.328 e. The van der Waals surface area contributed by atoms with Crippen LogP contribution in [0.2, 0.25) is 5.02 Å². The lowest BCUT2D eigenvalue weighted by atomic mass is 10.2. The number of nitrogens with zero attached hydrogens (tertiary/aromatic N) is 1. The predicted octanol–water partition coefficient (Wildman–Crippen LogP) is 5.03. The van der Waals surface area contributed by atoms with Gasteiger partial charge in [0.15, 0.2) is 0 Å². The number of fused-ring (bicyclic) bond motifs is 1. The van der Waals surface area contributed by atoms with Crippen molar-refractivity contribution in [3.63, 3.8) is 0 Å². The molecule has 0 bridgehead atoms. The molecule has 0 unspecified atom stereocenters. The maximum atomic E-state index is 13.1. The summed E-state index contributed by atoms with van der Waals surface area (Å²) in [6.07, 6.45) is 0. The fourth-order valence-corrected chi connectivity index (χ4v) is 3.82. The molecule has 0 saturated heterocycles. The number of rotatable bonds is 5. The average molecular weight is 542 g/mol. The van der Waals surface area contributed by atoms with E-state index in [4.69, 9.17) is 16.3 Å². The normalized spacial score (nSPS) is 10.6. The van der Waals surface area contributed by atoms with Crippen LogP contribution in [0, 0.1) is 0 Å². The van der Waals surface area contributed by atoms with E-state index in [-0.39, 0.29) is 5.69 Å². The second-order valence-corrected chi connectivity index (χ2v) is 8.51. The molecule has 34 heavy (non-hydrogen) atoms. The smallest absolute Gasteiger partial charge is 0.328 e. The van der Waals surface area contributed by atoms with Gasteiger partial charge >= 0.3 is 11.8 Å². The van der Waals surface area contributed by atoms with Crippen LogP contribution in [0.4, 0.5) is 11.4 Å². The zero-order chi connectivity index (χ0) is 24.2. The number of ether oxygens (including phenoxy) is 1. The van der Waals surface area contributed by atoms with E-state index in [0.29, 0.717) is 33.0 Å². The number of amides is 3. The standard InChI is InChI=1S/C24H18BrClN4O4/c1-34-19-8-6-17(7-9-19)27-22(31)21-12-14-11-15(25)5-10-20(14)30(21)29-24(33)23(32)28-18-4-2-3-16(26)13-18/h2-13H,1H3,(H,27,31)(H,28,32)(H,29,33). The Morgan fingerprint density at radius 3 is 2.35 bits per heavy atom. The van der Waals surface area contributed by atoms with E-state index in [0.717, 1.165) is 4.47 Å². The van der Waals surface area contributed by atoms with Gasteiger partial charge in [0.2, 0.25) is 0 Å². The van der Waals surface area contributed by atoms with Gasteiger partial charge in [-0.15, -0.1) is 0 Å². The number of anilines is 2. The minimum Gasteiger partial charge on any atom is -0.497 e. The lowest BCUT2D eigenvalue weighted by molar-refractivity contribution is -0.133. The monoisotopic (exact) mass is 540 g/mol. The molecule has 0 aliphatic rings. The summed E-state index contributed by atoms with van der Waals surface area (Å²) < 4.78 is 7.20. The Hall–Kier alpha value is -3.82. The van der Waals surface area contributed by atoms with E-state index in [1.165, 1.54) is 10.7 Å². The number of carbonyl (C=O) groups is 3. The first-order valence-corrected chi connectivity index (χ1v) is 11.2. The number of methoxy groups -OCH3 is 1. The SMILES string of the molecule is COc1ccc(NC(=O)c2cc3cc(Br)ccc3n2NC(=O)C(=O)Nc2cccc(Cl)c2)cc1. The zero-order valence-electron chi connectivity index (χ0n) is 17.8. The van der Waals surface area contributed by atoms with Crippen molar-refractivity contribution in [3.8, 4) is 5.75 Å². The van der Waals surface area contributed by atoms with E-state index < -0.39 is 17.7 Å². The maximum absolute atomic E-state index is 13.1. The molecule has 0 saturated carbocycles. The fraction of sp³-hybridized carbons (Fsp3) is 0.0417. The van der Waals surface area contributed by atoms with Gasteiger partial charge in [-0.25, -0.2) is 4.68 Å². The lowest BCUT2D eigenvalue weighted by Gasteiger charge is -2.13. The number of aromatic nitrogens is 1. The molecule has 0 fully saturated rings. The Morgan fingerprint density at radius 1 is 0.882 bits per heavy atom. The van der Waals surface area contributed by atoms with Gasteiger partial charge in [-0.2, -0.15) is 0 Å². The number of hydrogen-bond acceptors (Lipinski definition) is 4. The molecular formula is C24H18BrClN4O4. The summed E-state index contributed by atoms with van der Waals surface area (Å²) in [4.78, 5) is 38.2. The molecule has 3 N–H and O–H groups in total. The minimum atomic E-state index is -0.959. The predicted molar refractivity (Wildman–Crippen MR) is 135 cm³/mol. The number of hydrogen-bond donors (Lipinski definition) is 3. The second kappa shape index (κ2) is 9.98. The van der Waals surface area contributed by atoms with Crippen molar-refractivity contribution in [1.82, 2.24) is 4.68 Å². The van der Waals surface area contributed by atoms with Gasteiger partial charge in [0.1, 0.15) is 11.4 Å². The molecule has 1 aromatic heterocycles. The highest BCUT2D eigenvalue weighted by molar-refractivity contribution is 9.10. The van der Waals surface area contributed by atoms with Crippen LogP contribution < -0.4 is 20.8 Å². The molecule has 8 nitrogen and oxygen atoms in total. The van der Waals surface area contributed by atoms with Gasteiger partial charge in [-0.3, -0.25) is 19.8 Å². The Kier molecular flexibility index (Phi) is 6.85.